The fraction of sp³-hybridized carbons (Fsp3) is 0.316. The molecule has 140 valence electrons. The molecule has 0 heterocycles. The molecule has 0 aliphatic heterocycles. The number of carbonyl (C=O) groups excluding carboxylic acids is 1. The van der Waals surface area contributed by atoms with Crippen molar-refractivity contribution in [1.29, 1.82) is 0 Å². The number of carbonyl (C=O) groups is 1. The van der Waals surface area contributed by atoms with Gasteiger partial charge in [-0.05, 0) is 53.9 Å². The van der Waals surface area contributed by atoms with Crippen molar-refractivity contribution in [2.24, 2.45) is 5.41 Å². The third-order valence-electron chi connectivity index (χ3n) is 3.57. The predicted octanol–water partition coefficient (Wildman–Crippen LogP) is 4.51. The van der Waals surface area contributed by atoms with E-state index in [0.29, 0.717) is 10.8 Å². The van der Waals surface area contributed by atoms with Gasteiger partial charge in [0, 0.05) is 11.4 Å². The number of hydrogen-bond donors (Lipinski definition) is 0. The SMILES string of the molecule is COc1ccc(N(C(=O)CC(C)(C)C)S(=O)(=O)c2ccc(Cl)cc2)cc1. The molecule has 0 N–H and O–H groups in total. The second-order valence-corrected chi connectivity index (χ2v) is 9.28. The van der Waals surface area contributed by atoms with Crippen molar-refractivity contribution in [3.05, 3.63) is 53.6 Å². The molecule has 1 amide bonds. The Kier molecular flexibility index (Phi) is 5.98. The van der Waals surface area contributed by atoms with E-state index < -0.39 is 15.9 Å². The molecule has 0 aliphatic carbocycles. The van der Waals surface area contributed by atoms with Crippen molar-refractivity contribution >= 4 is 33.2 Å². The number of rotatable bonds is 5. The van der Waals surface area contributed by atoms with Crippen LogP contribution >= 0.6 is 11.6 Å². The monoisotopic (exact) mass is 395 g/mol. The van der Waals surface area contributed by atoms with Gasteiger partial charge in [-0.2, -0.15) is 0 Å². The summed E-state index contributed by atoms with van der Waals surface area (Å²) in [6.07, 6.45) is 0.0752. The van der Waals surface area contributed by atoms with Crippen molar-refractivity contribution in [2.45, 2.75) is 32.1 Å². The lowest BCUT2D eigenvalue weighted by molar-refractivity contribution is -0.119. The van der Waals surface area contributed by atoms with Gasteiger partial charge in [-0.3, -0.25) is 4.79 Å². The number of benzene rings is 2. The highest BCUT2D eigenvalue weighted by Gasteiger charge is 2.33. The Balaban J connectivity index is 2.54. The zero-order valence-electron chi connectivity index (χ0n) is 15.2. The first-order valence-electron chi connectivity index (χ1n) is 8.02. The van der Waals surface area contributed by atoms with Crippen LogP contribution in [0.2, 0.25) is 5.02 Å². The molecule has 2 rings (SSSR count). The second kappa shape index (κ2) is 7.68. The van der Waals surface area contributed by atoms with Gasteiger partial charge in [0.1, 0.15) is 5.75 Å². The summed E-state index contributed by atoms with van der Waals surface area (Å²) >= 11 is 5.85. The van der Waals surface area contributed by atoms with Crippen LogP contribution in [0.3, 0.4) is 0 Å². The summed E-state index contributed by atoms with van der Waals surface area (Å²) < 4.78 is 32.3. The van der Waals surface area contributed by atoms with Crippen LogP contribution in [0.15, 0.2) is 53.4 Å². The van der Waals surface area contributed by atoms with Crippen molar-refractivity contribution in [3.63, 3.8) is 0 Å². The highest BCUT2D eigenvalue weighted by atomic mass is 35.5. The number of nitrogens with zero attached hydrogens (tertiary/aromatic N) is 1. The van der Waals surface area contributed by atoms with E-state index >= 15 is 0 Å². The Hall–Kier alpha value is -2.05. The Labute approximate surface area is 159 Å². The van der Waals surface area contributed by atoms with Crippen LogP contribution in [-0.4, -0.2) is 21.4 Å². The van der Waals surface area contributed by atoms with E-state index in [2.05, 4.69) is 0 Å². The van der Waals surface area contributed by atoms with Crippen molar-refractivity contribution in [1.82, 2.24) is 0 Å². The minimum Gasteiger partial charge on any atom is -0.497 e. The zero-order chi connectivity index (χ0) is 19.5. The fourth-order valence-electron chi connectivity index (χ4n) is 2.37. The minimum absolute atomic E-state index is 0.0000211. The summed E-state index contributed by atoms with van der Waals surface area (Å²) in [4.78, 5) is 12.9. The van der Waals surface area contributed by atoms with Gasteiger partial charge in [-0.15, -0.1) is 0 Å². The molecule has 0 atom stereocenters. The van der Waals surface area contributed by atoms with Gasteiger partial charge in [0.2, 0.25) is 5.91 Å². The lowest BCUT2D eigenvalue weighted by Crippen LogP contribution is -2.38. The van der Waals surface area contributed by atoms with Gasteiger partial charge in [0.25, 0.3) is 10.0 Å². The molecule has 26 heavy (non-hydrogen) atoms. The number of sulfonamides is 1. The van der Waals surface area contributed by atoms with Gasteiger partial charge < -0.3 is 4.74 Å². The average molecular weight is 396 g/mol. The van der Waals surface area contributed by atoms with Crippen molar-refractivity contribution < 1.29 is 17.9 Å². The molecule has 0 bridgehead atoms. The number of amides is 1. The highest BCUT2D eigenvalue weighted by Crippen LogP contribution is 2.30. The summed E-state index contributed by atoms with van der Waals surface area (Å²) in [6, 6.07) is 12.1. The van der Waals surface area contributed by atoms with Crippen LogP contribution < -0.4 is 9.04 Å². The Morgan fingerprint density at radius 1 is 1.04 bits per heavy atom. The van der Waals surface area contributed by atoms with Crippen LogP contribution in [-0.2, 0) is 14.8 Å². The first-order chi connectivity index (χ1) is 12.0. The molecule has 2 aromatic carbocycles. The lowest BCUT2D eigenvalue weighted by Gasteiger charge is -2.26. The Morgan fingerprint density at radius 3 is 2.04 bits per heavy atom. The third kappa shape index (κ3) is 4.77. The maximum Gasteiger partial charge on any atom is 0.270 e. The van der Waals surface area contributed by atoms with Gasteiger partial charge >= 0.3 is 0 Å². The molecular weight excluding hydrogens is 374 g/mol. The quantitative estimate of drug-likeness (QED) is 0.747. The highest BCUT2D eigenvalue weighted by molar-refractivity contribution is 7.93. The number of methoxy groups -OCH3 is 1. The average Bonchev–Trinajstić information content (AvgIpc) is 2.54. The Bertz CT molecular complexity index is 869. The van der Waals surface area contributed by atoms with Gasteiger partial charge in [-0.25, -0.2) is 12.7 Å². The van der Waals surface area contributed by atoms with Gasteiger partial charge in [0.15, 0.2) is 0 Å². The van der Waals surface area contributed by atoms with Crippen LogP contribution in [0.4, 0.5) is 5.69 Å². The number of hydrogen-bond acceptors (Lipinski definition) is 4. The van der Waals surface area contributed by atoms with E-state index in [1.165, 1.54) is 31.4 Å². The molecule has 0 fully saturated rings. The van der Waals surface area contributed by atoms with Crippen molar-refractivity contribution in [2.75, 3.05) is 11.4 Å². The number of ether oxygens (including phenoxy) is 1. The molecule has 0 radical (unpaired) electrons. The molecule has 0 spiro atoms. The first kappa shape index (κ1) is 20.3. The van der Waals surface area contributed by atoms with E-state index in [1.807, 2.05) is 20.8 Å². The molecule has 5 nitrogen and oxygen atoms in total. The molecule has 0 aliphatic rings. The molecular formula is C19H22ClNO4S. The predicted molar refractivity (Wildman–Crippen MR) is 103 cm³/mol. The number of halogens is 1. The number of anilines is 1. The fourth-order valence-corrected chi connectivity index (χ4v) is 3.92. The lowest BCUT2D eigenvalue weighted by atomic mass is 9.92. The van der Waals surface area contributed by atoms with Crippen LogP contribution in [0.25, 0.3) is 0 Å². The third-order valence-corrected chi connectivity index (χ3v) is 5.58. The summed E-state index contributed by atoms with van der Waals surface area (Å²) in [5.41, 5.74) is -0.105. The molecule has 0 saturated heterocycles. The summed E-state index contributed by atoms with van der Waals surface area (Å²) in [5.74, 6) is 0.0680. The summed E-state index contributed by atoms with van der Waals surface area (Å²) in [6.45, 7) is 5.64. The Morgan fingerprint density at radius 2 is 1.58 bits per heavy atom. The van der Waals surface area contributed by atoms with Crippen LogP contribution in [0, 0.1) is 5.41 Å². The maximum atomic E-state index is 13.2. The van der Waals surface area contributed by atoms with E-state index in [1.54, 1.807) is 24.3 Å². The largest absolute Gasteiger partial charge is 0.497 e. The maximum absolute atomic E-state index is 13.2. The van der Waals surface area contributed by atoms with E-state index in [9.17, 15) is 13.2 Å². The molecule has 0 saturated carbocycles. The summed E-state index contributed by atoms with van der Waals surface area (Å²) in [5, 5.41) is 0.418. The standard InChI is InChI=1S/C19H22ClNO4S/c1-19(2,3)13-18(22)21(15-7-9-16(25-4)10-8-15)26(23,24)17-11-5-14(20)6-12-17/h5-12H,13H2,1-4H3. The molecule has 7 heteroatoms. The first-order valence-corrected chi connectivity index (χ1v) is 9.84. The molecule has 2 aromatic rings. The topological polar surface area (TPSA) is 63.7 Å². The summed E-state index contributed by atoms with van der Waals surface area (Å²) in [7, 11) is -2.56. The smallest absolute Gasteiger partial charge is 0.270 e. The second-order valence-electron chi connectivity index (χ2n) is 7.05. The van der Waals surface area contributed by atoms with Crippen LogP contribution in [0.5, 0.6) is 5.75 Å². The zero-order valence-corrected chi connectivity index (χ0v) is 16.8. The van der Waals surface area contributed by atoms with E-state index in [0.717, 1.165) is 4.31 Å². The van der Waals surface area contributed by atoms with Crippen molar-refractivity contribution in [3.8, 4) is 5.75 Å². The molecule has 0 aromatic heterocycles. The van der Waals surface area contributed by atoms with E-state index in [4.69, 9.17) is 16.3 Å². The van der Waals surface area contributed by atoms with Gasteiger partial charge in [-0.1, -0.05) is 32.4 Å². The normalized spacial score (nSPS) is 11.9. The van der Waals surface area contributed by atoms with Gasteiger partial charge in [0.05, 0.1) is 17.7 Å². The van der Waals surface area contributed by atoms with Crippen LogP contribution in [0.1, 0.15) is 27.2 Å². The van der Waals surface area contributed by atoms with E-state index in [-0.39, 0.29) is 22.4 Å². The molecule has 0 unspecified atom stereocenters. The minimum atomic E-state index is -4.08.